The van der Waals surface area contributed by atoms with E-state index in [1.165, 1.54) is 24.3 Å². The average Bonchev–Trinajstić information content (AvgIpc) is 2.67. The lowest BCUT2D eigenvalue weighted by molar-refractivity contribution is -0.212. The topological polar surface area (TPSA) is 103 Å². The standard InChI is InChI=1S/C19H21FN2O5/c20-12-3-1-2-11-15(24)10-13(21-16(11)12)18(26)22-7-5-19(6-8-22)17(25)14(23)4-9-27-19/h1-3,10,14,17,23,25H,4-9H2,(H,21,24)/t14-,17-/m0/s1. The lowest BCUT2D eigenvalue weighted by Crippen LogP contribution is -2.60. The predicted octanol–water partition coefficient (Wildman–Crippen LogP) is 0.784. The van der Waals surface area contributed by atoms with Crippen molar-refractivity contribution in [2.24, 2.45) is 0 Å². The molecule has 2 saturated heterocycles. The molecule has 1 spiro atoms. The van der Waals surface area contributed by atoms with E-state index in [1.807, 2.05) is 0 Å². The molecule has 0 radical (unpaired) electrons. The lowest BCUT2D eigenvalue weighted by atomic mass is 9.80. The van der Waals surface area contributed by atoms with Crippen molar-refractivity contribution < 1.29 is 24.1 Å². The summed E-state index contributed by atoms with van der Waals surface area (Å²) in [5.74, 6) is -0.998. The normalized spacial score (nSPS) is 25.1. The third kappa shape index (κ3) is 3.03. The van der Waals surface area contributed by atoms with Crippen LogP contribution in [-0.2, 0) is 4.74 Å². The summed E-state index contributed by atoms with van der Waals surface area (Å²) in [6.45, 7) is 0.976. The number of ether oxygens (including phenoxy) is 1. The molecule has 3 heterocycles. The van der Waals surface area contributed by atoms with Crippen LogP contribution in [0.2, 0.25) is 0 Å². The van der Waals surface area contributed by atoms with E-state index in [4.69, 9.17) is 4.74 Å². The first-order valence-electron chi connectivity index (χ1n) is 9.02. The van der Waals surface area contributed by atoms with Gasteiger partial charge in [-0.25, -0.2) is 4.39 Å². The monoisotopic (exact) mass is 376 g/mol. The maximum atomic E-state index is 14.0. The molecule has 144 valence electrons. The molecule has 27 heavy (non-hydrogen) atoms. The van der Waals surface area contributed by atoms with Crippen molar-refractivity contribution in [3.63, 3.8) is 0 Å². The quantitative estimate of drug-likeness (QED) is 0.683. The number of aliphatic hydroxyl groups is 2. The molecule has 0 aliphatic carbocycles. The second-order valence-electron chi connectivity index (χ2n) is 7.22. The first kappa shape index (κ1) is 18.1. The first-order valence-corrected chi connectivity index (χ1v) is 9.02. The Balaban J connectivity index is 1.56. The van der Waals surface area contributed by atoms with Crippen molar-refractivity contribution in [1.82, 2.24) is 9.88 Å². The number of halogens is 1. The minimum Gasteiger partial charge on any atom is -0.390 e. The van der Waals surface area contributed by atoms with Gasteiger partial charge in [0, 0.05) is 24.5 Å². The lowest BCUT2D eigenvalue weighted by Gasteiger charge is -2.48. The van der Waals surface area contributed by atoms with Crippen LogP contribution in [-0.4, -0.2) is 63.5 Å². The van der Waals surface area contributed by atoms with E-state index in [1.54, 1.807) is 4.90 Å². The van der Waals surface area contributed by atoms with Crippen LogP contribution in [0.5, 0.6) is 0 Å². The number of amides is 1. The number of benzene rings is 1. The Morgan fingerprint density at radius 1 is 1.30 bits per heavy atom. The van der Waals surface area contributed by atoms with E-state index in [0.717, 1.165) is 0 Å². The van der Waals surface area contributed by atoms with Crippen LogP contribution in [0, 0.1) is 5.82 Å². The zero-order valence-corrected chi connectivity index (χ0v) is 14.7. The van der Waals surface area contributed by atoms with Crippen LogP contribution < -0.4 is 5.43 Å². The largest absolute Gasteiger partial charge is 0.390 e. The van der Waals surface area contributed by atoms with Crippen LogP contribution in [0.4, 0.5) is 4.39 Å². The number of nitrogens with one attached hydrogen (secondary N) is 1. The highest BCUT2D eigenvalue weighted by Gasteiger charge is 2.48. The Kier molecular flexibility index (Phi) is 4.49. The summed E-state index contributed by atoms with van der Waals surface area (Å²) >= 11 is 0. The molecule has 8 heteroatoms. The number of carbonyl (C=O) groups excluding carboxylic acids is 1. The summed E-state index contributed by atoms with van der Waals surface area (Å²) in [6, 6.07) is 5.36. The number of hydrogen-bond acceptors (Lipinski definition) is 5. The van der Waals surface area contributed by atoms with Gasteiger partial charge in [-0.2, -0.15) is 0 Å². The number of piperidine rings is 1. The van der Waals surface area contributed by atoms with Gasteiger partial charge in [0.25, 0.3) is 5.91 Å². The number of aromatic amines is 1. The number of aliphatic hydroxyl groups excluding tert-OH is 2. The molecule has 1 aromatic heterocycles. The van der Waals surface area contributed by atoms with Gasteiger partial charge in [-0.05, 0) is 31.4 Å². The van der Waals surface area contributed by atoms with Gasteiger partial charge in [-0.15, -0.1) is 0 Å². The Bertz CT molecular complexity index is 935. The summed E-state index contributed by atoms with van der Waals surface area (Å²) in [5.41, 5.74) is -1.24. The van der Waals surface area contributed by atoms with Gasteiger partial charge in [0.05, 0.1) is 23.8 Å². The molecular formula is C19H21FN2O5. The number of rotatable bonds is 1. The third-order valence-electron chi connectivity index (χ3n) is 5.65. The van der Waals surface area contributed by atoms with E-state index in [-0.39, 0.29) is 16.6 Å². The van der Waals surface area contributed by atoms with E-state index >= 15 is 0 Å². The molecule has 0 bridgehead atoms. The average molecular weight is 376 g/mol. The van der Waals surface area contributed by atoms with Crippen molar-refractivity contribution in [2.45, 2.75) is 37.1 Å². The zero-order chi connectivity index (χ0) is 19.2. The molecule has 2 atom stereocenters. The molecule has 2 aliphatic heterocycles. The summed E-state index contributed by atoms with van der Waals surface area (Å²) in [5, 5.41) is 20.4. The van der Waals surface area contributed by atoms with Crippen LogP contribution in [0.1, 0.15) is 29.8 Å². The highest BCUT2D eigenvalue weighted by molar-refractivity contribution is 5.95. The molecule has 3 N–H and O–H groups in total. The fourth-order valence-corrected chi connectivity index (χ4v) is 4.03. The van der Waals surface area contributed by atoms with Crippen molar-refractivity contribution in [3.05, 3.63) is 46.0 Å². The van der Waals surface area contributed by atoms with Crippen LogP contribution >= 0.6 is 0 Å². The molecular weight excluding hydrogens is 355 g/mol. The highest BCUT2D eigenvalue weighted by atomic mass is 19.1. The van der Waals surface area contributed by atoms with Crippen molar-refractivity contribution in [1.29, 1.82) is 0 Å². The number of carbonyl (C=O) groups is 1. The van der Waals surface area contributed by atoms with Gasteiger partial charge < -0.3 is 24.8 Å². The smallest absolute Gasteiger partial charge is 0.270 e. The molecule has 0 unspecified atom stereocenters. The molecule has 2 aromatic rings. The summed E-state index contributed by atoms with van der Waals surface area (Å²) < 4.78 is 19.8. The van der Waals surface area contributed by atoms with Crippen LogP contribution in [0.15, 0.2) is 29.1 Å². The van der Waals surface area contributed by atoms with E-state index in [9.17, 15) is 24.2 Å². The van der Waals surface area contributed by atoms with Gasteiger partial charge in [-0.3, -0.25) is 9.59 Å². The summed E-state index contributed by atoms with van der Waals surface area (Å²) in [7, 11) is 0. The van der Waals surface area contributed by atoms with Gasteiger partial charge in [-0.1, -0.05) is 6.07 Å². The molecule has 1 aromatic carbocycles. The second-order valence-corrected chi connectivity index (χ2v) is 7.22. The number of aromatic nitrogens is 1. The molecule has 4 rings (SSSR count). The minimum absolute atomic E-state index is 0.0102. The fourth-order valence-electron chi connectivity index (χ4n) is 4.03. The maximum Gasteiger partial charge on any atom is 0.270 e. The number of para-hydroxylation sites is 1. The summed E-state index contributed by atoms with van der Waals surface area (Å²) in [4.78, 5) is 29.3. The van der Waals surface area contributed by atoms with Crippen molar-refractivity contribution in [2.75, 3.05) is 19.7 Å². The van der Waals surface area contributed by atoms with Crippen LogP contribution in [0.3, 0.4) is 0 Å². The van der Waals surface area contributed by atoms with Gasteiger partial charge >= 0.3 is 0 Å². The number of fused-ring (bicyclic) bond motifs is 1. The first-order chi connectivity index (χ1) is 12.9. The van der Waals surface area contributed by atoms with Crippen molar-refractivity contribution in [3.8, 4) is 0 Å². The second kappa shape index (κ2) is 6.70. The molecule has 2 fully saturated rings. The fraction of sp³-hybridized carbons (Fsp3) is 0.474. The Labute approximate surface area is 154 Å². The SMILES string of the molecule is O=C(c1cc(=O)c2cccc(F)c2[nH]1)N1CCC2(CC1)OCC[C@H](O)[C@@H]2O. The summed E-state index contributed by atoms with van der Waals surface area (Å²) in [6.07, 6.45) is -0.680. The van der Waals surface area contributed by atoms with E-state index in [0.29, 0.717) is 39.0 Å². The molecule has 2 aliphatic rings. The number of H-pyrrole nitrogens is 1. The zero-order valence-electron chi connectivity index (χ0n) is 14.7. The third-order valence-corrected chi connectivity index (χ3v) is 5.65. The van der Waals surface area contributed by atoms with Gasteiger partial charge in [0.1, 0.15) is 17.6 Å². The number of pyridine rings is 1. The van der Waals surface area contributed by atoms with E-state index < -0.39 is 35.0 Å². The van der Waals surface area contributed by atoms with Gasteiger partial charge in [0.15, 0.2) is 5.43 Å². The number of likely N-dealkylation sites (tertiary alicyclic amines) is 1. The maximum absolute atomic E-state index is 14.0. The Hall–Kier alpha value is -2.29. The van der Waals surface area contributed by atoms with E-state index in [2.05, 4.69) is 4.98 Å². The van der Waals surface area contributed by atoms with Crippen LogP contribution in [0.25, 0.3) is 10.9 Å². The molecule has 1 amide bonds. The number of hydrogen-bond donors (Lipinski definition) is 3. The van der Waals surface area contributed by atoms with Gasteiger partial charge in [0.2, 0.25) is 0 Å². The number of nitrogens with zero attached hydrogens (tertiary/aromatic N) is 1. The molecule has 0 saturated carbocycles. The Morgan fingerprint density at radius 3 is 2.78 bits per heavy atom. The minimum atomic E-state index is -0.988. The Morgan fingerprint density at radius 2 is 2.04 bits per heavy atom. The predicted molar refractivity (Wildman–Crippen MR) is 95.0 cm³/mol. The molecule has 7 nitrogen and oxygen atoms in total. The highest BCUT2D eigenvalue weighted by Crippen LogP contribution is 2.35. The van der Waals surface area contributed by atoms with Crippen molar-refractivity contribution >= 4 is 16.8 Å².